The van der Waals surface area contributed by atoms with Crippen molar-refractivity contribution in [1.29, 1.82) is 0 Å². The van der Waals surface area contributed by atoms with Gasteiger partial charge in [-0.15, -0.1) is 22.7 Å². The van der Waals surface area contributed by atoms with E-state index in [0.717, 1.165) is 22.7 Å². The molecular formula is C19H10ClN3O5S2. The van der Waals surface area contributed by atoms with Crippen LogP contribution >= 0.6 is 34.3 Å². The molecule has 2 heterocycles. The first-order chi connectivity index (χ1) is 14.3. The fourth-order valence-corrected chi connectivity index (χ4v) is 4.80. The second-order valence-corrected chi connectivity index (χ2v) is 8.37. The van der Waals surface area contributed by atoms with Gasteiger partial charge in [-0.1, -0.05) is 29.8 Å². The number of rotatable bonds is 5. The highest BCUT2D eigenvalue weighted by Crippen LogP contribution is 2.37. The van der Waals surface area contributed by atoms with Gasteiger partial charge in [-0.3, -0.25) is 14.9 Å². The maximum absolute atomic E-state index is 12.7. The van der Waals surface area contributed by atoms with E-state index in [9.17, 15) is 24.8 Å². The topological polar surface area (TPSA) is 122 Å². The fraction of sp³-hybridized carbons (Fsp3) is 0. The molecule has 4 aromatic rings. The number of hydrogen-bond acceptors (Lipinski definition) is 7. The van der Waals surface area contributed by atoms with Gasteiger partial charge < -0.3 is 10.4 Å². The number of thiazole rings is 1. The molecule has 2 N–H and O–H groups in total. The summed E-state index contributed by atoms with van der Waals surface area (Å²) in [4.78, 5) is 39.2. The van der Waals surface area contributed by atoms with E-state index in [0.29, 0.717) is 20.8 Å². The van der Waals surface area contributed by atoms with Crippen molar-refractivity contribution in [1.82, 2.24) is 4.98 Å². The molecule has 0 aliphatic heterocycles. The van der Waals surface area contributed by atoms with Crippen molar-refractivity contribution in [3.63, 3.8) is 0 Å². The highest BCUT2D eigenvalue weighted by Gasteiger charge is 2.24. The Morgan fingerprint density at radius 3 is 2.57 bits per heavy atom. The zero-order valence-corrected chi connectivity index (χ0v) is 17.2. The van der Waals surface area contributed by atoms with Crippen molar-refractivity contribution in [3.8, 4) is 11.1 Å². The molecule has 0 unspecified atom stereocenters. The van der Waals surface area contributed by atoms with Gasteiger partial charge in [-0.25, -0.2) is 9.78 Å². The number of hydrogen-bond donors (Lipinski definition) is 2. The molecule has 11 heteroatoms. The third kappa shape index (κ3) is 3.63. The fourth-order valence-electron chi connectivity index (χ4n) is 2.84. The van der Waals surface area contributed by atoms with Crippen molar-refractivity contribution in [2.75, 3.05) is 5.32 Å². The number of aromatic nitrogens is 1. The molecule has 30 heavy (non-hydrogen) atoms. The maximum atomic E-state index is 12.7. The van der Waals surface area contributed by atoms with Crippen LogP contribution in [0.25, 0.3) is 21.3 Å². The van der Waals surface area contributed by atoms with E-state index < -0.39 is 16.8 Å². The number of carboxylic acid groups (broad SMARTS) is 1. The summed E-state index contributed by atoms with van der Waals surface area (Å²) in [6.45, 7) is 0. The Bertz CT molecular complexity index is 1310. The molecule has 0 aliphatic carbocycles. The summed E-state index contributed by atoms with van der Waals surface area (Å²) in [5.41, 5.74) is 0.950. The summed E-state index contributed by atoms with van der Waals surface area (Å²) in [6, 6.07) is 11.1. The molecule has 0 spiro atoms. The standard InChI is InChI=1S/C19H10ClN3O5S2/c20-10-6-4-9(5-7-10)11-8-29-17(14(11)19(25)26)22-16(24)18-21-15-12(23(27)28)2-1-3-13(15)30-18/h1-8H,(H,22,24)(H,25,26). The van der Waals surface area contributed by atoms with E-state index in [1.807, 2.05) is 0 Å². The number of carbonyl (C=O) groups is 2. The summed E-state index contributed by atoms with van der Waals surface area (Å²) in [5.74, 6) is -1.84. The lowest BCUT2D eigenvalue weighted by Crippen LogP contribution is -2.13. The third-order valence-corrected chi connectivity index (χ3v) is 6.34. The Kier molecular flexibility index (Phi) is 5.20. The molecule has 0 fully saturated rings. The zero-order chi connectivity index (χ0) is 21.4. The van der Waals surface area contributed by atoms with Crippen LogP contribution in [-0.4, -0.2) is 26.9 Å². The second kappa shape index (κ2) is 7.82. The molecule has 4 rings (SSSR count). The van der Waals surface area contributed by atoms with E-state index in [1.165, 1.54) is 12.1 Å². The van der Waals surface area contributed by atoms with Crippen LogP contribution < -0.4 is 5.32 Å². The van der Waals surface area contributed by atoms with E-state index in [1.54, 1.807) is 35.7 Å². The molecule has 8 nitrogen and oxygen atoms in total. The number of carbonyl (C=O) groups excluding carboxylic acids is 1. The summed E-state index contributed by atoms with van der Waals surface area (Å²) in [5, 5.41) is 25.7. The summed E-state index contributed by atoms with van der Waals surface area (Å²) >= 11 is 7.94. The number of halogens is 1. The Labute approximate surface area is 181 Å². The lowest BCUT2D eigenvalue weighted by atomic mass is 10.0. The Balaban J connectivity index is 1.69. The highest BCUT2D eigenvalue weighted by atomic mass is 35.5. The number of thiophene rings is 1. The van der Waals surface area contributed by atoms with Gasteiger partial charge in [0.15, 0.2) is 10.5 Å². The van der Waals surface area contributed by atoms with Gasteiger partial charge in [0.05, 0.1) is 9.62 Å². The SMILES string of the molecule is O=C(Nc1scc(-c2ccc(Cl)cc2)c1C(=O)O)c1nc2c([N+](=O)[O-])cccc2s1. The largest absolute Gasteiger partial charge is 0.478 e. The smallest absolute Gasteiger partial charge is 0.339 e. The number of anilines is 1. The number of non-ortho nitro benzene ring substituents is 1. The van der Waals surface area contributed by atoms with E-state index in [4.69, 9.17) is 11.6 Å². The van der Waals surface area contributed by atoms with Gasteiger partial charge in [-0.05, 0) is 23.8 Å². The summed E-state index contributed by atoms with van der Waals surface area (Å²) < 4.78 is 0.487. The number of para-hydroxylation sites is 1. The molecule has 0 radical (unpaired) electrons. The van der Waals surface area contributed by atoms with Gasteiger partial charge in [-0.2, -0.15) is 0 Å². The minimum Gasteiger partial charge on any atom is -0.478 e. The van der Waals surface area contributed by atoms with Gasteiger partial charge in [0.2, 0.25) is 0 Å². The maximum Gasteiger partial charge on any atom is 0.339 e. The van der Waals surface area contributed by atoms with E-state index in [-0.39, 0.29) is 26.8 Å². The van der Waals surface area contributed by atoms with Gasteiger partial charge in [0, 0.05) is 22.0 Å². The van der Waals surface area contributed by atoms with Crippen LogP contribution in [-0.2, 0) is 0 Å². The van der Waals surface area contributed by atoms with Crippen LogP contribution in [0.3, 0.4) is 0 Å². The number of carboxylic acids is 1. The van der Waals surface area contributed by atoms with Crippen LogP contribution in [0.1, 0.15) is 20.2 Å². The number of nitrogens with one attached hydrogen (secondary N) is 1. The van der Waals surface area contributed by atoms with E-state index in [2.05, 4.69) is 10.3 Å². The van der Waals surface area contributed by atoms with E-state index >= 15 is 0 Å². The van der Waals surface area contributed by atoms with Crippen LogP contribution in [0.4, 0.5) is 10.7 Å². The van der Waals surface area contributed by atoms with Crippen LogP contribution in [0.2, 0.25) is 5.02 Å². The van der Waals surface area contributed by atoms with Crippen LogP contribution in [0.5, 0.6) is 0 Å². The van der Waals surface area contributed by atoms with Crippen molar-refractivity contribution in [3.05, 3.63) is 73.6 Å². The number of nitro groups is 1. The first-order valence-corrected chi connectivity index (χ1v) is 10.4. The van der Waals surface area contributed by atoms with Gasteiger partial charge in [0.1, 0.15) is 10.6 Å². The zero-order valence-electron chi connectivity index (χ0n) is 14.8. The summed E-state index contributed by atoms with van der Waals surface area (Å²) in [6.07, 6.45) is 0. The molecule has 0 aliphatic rings. The highest BCUT2D eigenvalue weighted by molar-refractivity contribution is 7.20. The molecule has 0 saturated heterocycles. The first-order valence-electron chi connectivity index (χ1n) is 8.31. The minimum atomic E-state index is -1.20. The second-order valence-electron chi connectivity index (χ2n) is 6.02. The van der Waals surface area contributed by atoms with Crippen molar-refractivity contribution in [2.24, 2.45) is 0 Å². The van der Waals surface area contributed by atoms with Crippen molar-refractivity contribution >= 4 is 67.1 Å². The molecule has 2 aromatic heterocycles. The predicted octanol–water partition coefficient (Wildman–Crippen LogP) is 5.54. The average molecular weight is 460 g/mol. The number of amides is 1. The average Bonchev–Trinajstić information content (AvgIpc) is 3.32. The van der Waals surface area contributed by atoms with Crippen LogP contribution in [0.15, 0.2) is 47.8 Å². The Morgan fingerprint density at radius 1 is 1.17 bits per heavy atom. The number of aromatic carboxylic acids is 1. The van der Waals surface area contributed by atoms with Crippen molar-refractivity contribution in [2.45, 2.75) is 0 Å². The number of nitro benzene ring substituents is 1. The lowest BCUT2D eigenvalue weighted by molar-refractivity contribution is -0.383. The minimum absolute atomic E-state index is 0.00270. The molecule has 1 amide bonds. The normalized spacial score (nSPS) is 10.8. The predicted molar refractivity (Wildman–Crippen MR) is 116 cm³/mol. The third-order valence-electron chi connectivity index (χ3n) is 4.18. The first kappa shape index (κ1) is 20.0. The molecule has 2 aromatic carbocycles. The quantitative estimate of drug-likeness (QED) is 0.298. The summed E-state index contributed by atoms with van der Waals surface area (Å²) in [7, 11) is 0. The monoisotopic (exact) mass is 459 g/mol. The van der Waals surface area contributed by atoms with Gasteiger partial charge in [0.25, 0.3) is 11.6 Å². The molecular weight excluding hydrogens is 450 g/mol. The Morgan fingerprint density at radius 2 is 1.90 bits per heavy atom. The molecule has 150 valence electrons. The molecule has 0 atom stereocenters. The lowest BCUT2D eigenvalue weighted by Gasteiger charge is -2.05. The molecule has 0 saturated carbocycles. The number of benzene rings is 2. The molecule has 0 bridgehead atoms. The Hall–Kier alpha value is -3.34. The van der Waals surface area contributed by atoms with Crippen LogP contribution in [0, 0.1) is 10.1 Å². The number of fused-ring (bicyclic) bond motifs is 1. The van der Waals surface area contributed by atoms with Crippen molar-refractivity contribution < 1.29 is 19.6 Å². The van der Waals surface area contributed by atoms with Gasteiger partial charge >= 0.3 is 5.97 Å². The number of nitrogens with zero attached hydrogens (tertiary/aromatic N) is 2.